The van der Waals surface area contributed by atoms with Crippen molar-refractivity contribution in [1.29, 1.82) is 0 Å². The van der Waals surface area contributed by atoms with Gasteiger partial charge in [0.25, 0.3) is 0 Å². The van der Waals surface area contributed by atoms with E-state index in [4.69, 9.17) is 4.74 Å². The first-order valence-corrected chi connectivity index (χ1v) is 12.1. The molecule has 1 aliphatic carbocycles. The molecule has 0 unspecified atom stereocenters. The largest absolute Gasteiger partial charge is 0.496 e. The molecule has 1 heterocycles. The number of H-pyrrole nitrogens is 1. The fourth-order valence-electron chi connectivity index (χ4n) is 5.65. The van der Waals surface area contributed by atoms with Crippen LogP contribution in [0.2, 0.25) is 0 Å². The molecule has 170 valence electrons. The SMILES string of the molecule is COc1ccccc1[C@](C1=CC=CC1)(c1ccccc1)c1[nH]c2ccccc2c1-c1ccccc1. The van der Waals surface area contributed by atoms with Crippen molar-refractivity contribution in [2.45, 2.75) is 11.8 Å². The Kier molecular flexibility index (Phi) is 5.35. The fraction of sp³-hybridized carbons (Fsp3) is 0.0909. The van der Waals surface area contributed by atoms with Crippen LogP contribution in [0.3, 0.4) is 0 Å². The van der Waals surface area contributed by atoms with Crippen LogP contribution in [0.15, 0.2) is 133 Å². The molecule has 2 heteroatoms. The van der Waals surface area contributed by atoms with Gasteiger partial charge in [-0.15, -0.1) is 0 Å². The summed E-state index contributed by atoms with van der Waals surface area (Å²) in [6, 6.07) is 38.6. The Morgan fingerprint density at radius 3 is 2.17 bits per heavy atom. The number of aromatic nitrogens is 1. The van der Waals surface area contributed by atoms with Crippen LogP contribution in [0.25, 0.3) is 22.0 Å². The van der Waals surface area contributed by atoms with Crippen LogP contribution in [-0.2, 0) is 5.41 Å². The molecule has 1 atom stereocenters. The van der Waals surface area contributed by atoms with Crippen LogP contribution in [0.4, 0.5) is 0 Å². The van der Waals surface area contributed by atoms with Gasteiger partial charge in [0.2, 0.25) is 0 Å². The Balaban J connectivity index is 1.82. The summed E-state index contributed by atoms with van der Waals surface area (Å²) < 4.78 is 6.01. The molecular formula is C33H27NO. The van der Waals surface area contributed by atoms with Crippen molar-refractivity contribution in [1.82, 2.24) is 4.98 Å². The van der Waals surface area contributed by atoms with Crippen molar-refractivity contribution in [3.05, 3.63) is 150 Å². The second kappa shape index (κ2) is 8.81. The smallest absolute Gasteiger partial charge is 0.123 e. The number of aromatic amines is 1. The summed E-state index contributed by atoms with van der Waals surface area (Å²) in [5.41, 5.74) is 7.80. The first kappa shape index (κ1) is 21.2. The lowest BCUT2D eigenvalue weighted by Crippen LogP contribution is -2.33. The van der Waals surface area contributed by atoms with E-state index in [-0.39, 0.29) is 0 Å². The van der Waals surface area contributed by atoms with Gasteiger partial charge in [-0.25, -0.2) is 0 Å². The summed E-state index contributed by atoms with van der Waals surface area (Å²) in [6.45, 7) is 0. The standard InChI is InChI=1S/C33H27NO/c1-35-30-23-13-11-21-28(30)33(26-18-8-9-19-26,25-16-6-3-7-17-25)32-31(24-14-4-2-5-15-24)27-20-10-12-22-29(27)34-32/h2-18,20-23,34H,19H2,1H3/t33-/m1/s1. The first-order valence-electron chi connectivity index (χ1n) is 12.1. The monoisotopic (exact) mass is 453 g/mol. The summed E-state index contributed by atoms with van der Waals surface area (Å²) in [5.74, 6) is 0.877. The van der Waals surface area contributed by atoms with Crippen LogP contribution in [0, 0.1) is 0 Å². The zero-order valence-corrected chi connectivity index (χ0v) is 19.7. The number of para-hydroxylation sites is 2. The maximum Gasteiger partial charge on any atom is 0.123 e. The number of hydrogen-bond donors (Lipinski definition) is 1. The number of rotatable bonds is 6. The lowest BCUT2D eigenvalue weighted by atomic mass is 9.64. The van der Waals surface area contributed by atoms with Crippen molar-refractivity contribution >= 4 is 10.9 Å². The van der Waals surface area contributed by atoms with E-state index in [1.54, 1.807) is 7.11 Å². The maximum atomic E-state index is 6.01. The second-order valence-corrected chi connectivity index (χ2v) is 8.93. The highest BCUT2D eigenvalue weighted by atomic mass is 16.5. The molecule has 0 saturated carbocycles. The van der Waals surface area contributed by atoms with Gasteiger partial charge in [0, 0.05) is 27.7 Å². The lowest BCUT2D eigenvalue weighted by Gasteiger charge is -2.38. The number of fused-ring (bicyclic) bond motifs is 1. The molecule has 6 rings (SSSR count). The normalized spacial score (nSPS) is 14.6. The summed E-state index contributed by atoms with van der Waals surface area (Å²) in [4.78, 5) is 3.90. The van der Waals surface area contributed by atoms with Crippen molar-refractivity contribution < 1.29 is 4.74 Å². The minimum absolute atomic E-state index is 0.568. The number of allylic oxidation sites excluding steroid dienone is 4. The minimum Gasteiger partial charge on any atom is -0.496 e. The third-order valence-electron chi connectivity index (χ3n) is 7.11. The third kappa shape index (κ3) is 3.33. The quantitative estimate of drug-likeness (QED) is 0.276. The zero-order chi connectivity index (χ0) is 23.7. The summed E-state index contributed by atoms with van der Waals surface area (Å²) in [7, 11) is 1.76. The van der Waals surface area contributed by atoms with Crippen molar-refractivity contribution in [2.24, 2.45) is 0 Å². The average molecular weight is 454 g/mol. The molecule has 0 saturated heterocycles. The van der Waals surface area contributed by atoms with E-state index in [0.717, 1.165) is 28.9 Å². The Morgan fingerprint density at radius 1 is 0.743 bits per heavy atom. The maximum absolute atomic E-state index is 6.01. The molecule has 0 spiro atoms. The van der Waals surface area contributed by atoms with Crippen LogP contribution >= 0.6 is 0 Å². The van der Waals surface area contributed by atoms with Crippen LogP contribution in [0.1, 0.15) is 23.2 Å². The number of hydrogen-bond acceptors (Lipinski definition) is 1. The van der Waals surface area contributed by atoms with E-state index in [1.807, 2.05) is 6.07 Å². The Hall–Kier alpha value is -4.30. The molecule has 5 aromatic rings. The van der Waals surface area contributed by atoms with Crippen LogP contribution < -0.4 is 4.74 Å². The predicted molar refractivity (Wildman–Crippen MR) is 145 cm³/mol. The Morgan fingerprint density at radius 2 is 1.43 bits per heavy atom. The van der Waals surface area contributed by atoms with E-state index < -0.39 is 5.41 Å². The molecule has 1 N–H and O–H groups in total. The molecular weight excluding hydrogens is 426 g/mol. The van der Waals surface area contributed by atoms with Crippen LogP contribution in [0.5, 0.6) is 5.75 Å². The van der Waals surface area contributed by atoms with Crippen molar-refractivity contribution in [3.63, 3.8) is 0 Å². The highest BCUT2D eigenvalue weighted by Gasteiger charge is 2.45. The van der Waals surface area contributed by atoms with Gasteiger partial charge in [0.05, 0.1) is 12.5 Å². The van der Waals surface area contributed by atoms with Gasteiger partial charge < -0.3 is 9.72 Å². The Labute approximate surface area is 206 Å². The molecule has 35 heavy (non-hydrogen) atoms. The molecule has 0 radical (unpaired) electrons. The van der Waals surface area contributed by atoms with Gasteiger partial charge in [-0.3, -0.25) is 0 Å². The van der Waals surface area contributed by atoms with Gasteiger partial charge in [0.15, 0.2) is 0 Å². The summed E-state index contributed by atoms with van der Waals surface area (Å²) >= 11 is 0. The van der Waals surface area contributed by atoms with Gasteiger partial charge in [-0.2, -0.15) is 0 Å². The highest BCUT2D eigenvalue weighted by molar-refractivity contribution is 5.99. The van der Waals surface area contributed by atoms with E-state index in [1.165, 1.54) is 27.6 Å². The number of methoxy groups -OCH3 is 1. The minimum atomic E-state index is -0.568. The van der Waals surface area contributed by atoms with E-state index in [9.17, 15) is 0 Å². The van der Waals surface area contributed by atoms with Gasteiger partial charge in [0.1, 0.15) is 5.75 Å². The van der Waals surface area contributed by atoms with Gasteiger partial charge >= 0.3 is 0 Å². The first-order chi connectivity index (χ1) is 17.3. The lowest BCUT2D eigenvalue weighted by molar-refractivity contribution is 0.404. The fourth-order valence-corrected chi connectivity index (χ4v) is 5.65. The number of benzene rings is 4. The summed E-state index contributed by atoms with van der Waals surface area (Å²) in [5, 5.41) is 1.22. The van der Waals surface area contributed by atoms with E-state index in [2.05, 4.69) is 126 Å². The zero-order valence-electron chi connectivity index (χ0n) is 19.7. The molecule has 1 aliphatic rings. The molecule has 0 amide bonds. The van der Waals surface area contributed by atoms with Gasteiger partial charge in [-0.05, 0) is 35.3 Å². The van der Waals surface area contributed by atoms with Crippen molar-refractivity contribution in [2.75, 3.05) is 7.11 Å². The molecule has 2 nitrogen and oxygen atoms in total. The topological polar surface area (TPSA) is 25.0 Å². The third-order valence-corrected chi connectivity index (χ3v) is 7.11. The molecule has 0 aliphatic heterocycles. The number of ether oxygens (including phenoxy) is 1. The molecule has 4 aromatic carbocycles. The van der Waals surface area contributed by atoms with E-state index >= 15 is 0 Å². The molecule has 0 fully saturated rings. The Bertz CT molecular complexity index is 1540. The summed E-state index contributed by atoms with van der Waals surface area (Å²) in [6.07, 6.45) is 7.57. The predicted octanol–water partition coefficient (Wildman–Crippen LogP) is 8.06. The highest BCUT2D eigenvalue weighted by Crippen LogP contribution is 2.53. The number of nitrogens with one attached hydrogen (secondary N) is 1. The van der Waals surface area contributed by atoms with Crippen molar-refractivity contribution in [3.8, 4) is 16.9 Å². The second-order valence-electron chi connectivity index (χ2n) is 8.93. The van der Waals surface area contributed by atoms with Crippen LogP contribution in [-0.4, -0.2) is 12.1 Å². The molecule has 1 aromatic heterocycles. The average Bonchev–Trinajstić information content (AvgIpc) is 3.60. The molecule has 0 bridgehead atoms. The van der Waals surface area contributed by atoms with Gasteiger partial charge in [-0.1, -0.05) is 115 Å². The van der Waals surface area contributed by atoms with E-state index in [0.29, 0.717) is 0 Å².